The Bertz CT molecular complexity index is 516. The first-order valence-corrected chi connectivity index (χ1v) is 7.34. The van der Waals surface area contributed by atoms with Gasteiger partial charge in [0.25, 0.3) is 0 Å². The molecule has 1 atom stereocenters. The van der Waals surface area contributed by atoms with Gasteiger partial charge in [-0.05, 0) is 38.1 Å². The number of carbonyl (C=O) groups excluding carboxylic acids is 2. The second-order valence-electron chi connectivity index (χ2n) is 5.40. The Labute approximate surface area is 141 Å². The Hall–Kier alpha value is -1.83. The average Bonchev–Trinajstić information content (AvgIpc) is 2.49. The molecule has 23 heavy (non-hydrogen) atoms. The Balaban J connectivity index is 0.00000264. The number of hydrogen-bond acceptors (Lipinski definition) is 4. The van der Waals surface area contributed by atoms with Crippen molar-refractivity contribution in [2.45, 2.75) is 25.9 Å². The number of benzene rings is 1. The normalized spacial score (nSPS) is 17.1. The number of ether oxygens (including phenoxy) is 1. The molecule has 2 rings (SSSR count). The highest BCUT2D eigenvalue weighted by atomic mass is 35.5. The lowest BCUT2D eigenvalue weighted by molar-refractivity contribution is -0.120. The maximum Gasteiger partial charge on any atom is 0.319 e. The van der Waals surface area contributed by atoms with Crippen molar-refractivity contribution in [1.29, 1.82) is 0 Å². The van der Waals surface area contributed by atoms with Crippen LogP contribution < -0.4 is 21.3 Å². The fourth-order valence-corrected chi connectivity index (χ4v) is 2.03. The summed E-state index contributed by atoms with van der Waals surface area (Å²) in [6.45, 7) is 5.46. The molecule has 1 heterocycles. The Morgan fingerprint density at radius 3 is 2.30 bits per heavy atom. The molecular weight excluding hydrogens is 320 g/mol. The molecule has 1 aromatic carbocycles. The van der Waals surface area contributed by atoms with Crippen molar-refractivity contribution < 1.29 is 14.3 Å². The van der Waals surface area contributed by atoms with Crippen molar-refractivity contribution in [3.8, 4) is 0 Å². The van der Waals surface area contributed by atoms with Crippen LogP contribution in [0.3, 0.4) is 0 Å². The summed E-state index contributed by atoms with van der Waals surface area (Å²) in [6.07, 6.45) is 0. The van der Waals surface area contributed by atoms with Gasteiger partial charge in [-0.3, -0.25) is 4.79 Å². The zero-order chi connectivity index (χ0) is 15.9. The van der Waals surface area contributed by atoms with Crippen LogP contribution in [0.4, 0.5) is 16.2 Å². The molecule has 0 aromatic heterocycles. The molecule has 8 heteroatoms. The van der Waals surface area contributed by atoms with Crippen molar-refractivity contribution >= 4 is 35.7 Å². The molecule has 0 bridgehead atoms. The average molecular weight is 343 g/mol. The Morgan fingerprint density at radius 1 is 1.17 bits per heavy atom. The first-order chi connectivity index (χ1) is 10.5. The minimum Gasteiger partial charge on any atom is -0.378 e. The SMILES string of the molecule is CC(C)NC(=O)Nc1ccc(NC(=O)C2COCCN2)cc1.Cl. The third-order valence-electron chi connectivity index (χ3n) is 3.07. The molecule has 0 aliphatic carbocycles. The van der Waals surface area contributed by atoms with Crippen LogP contribution in [0.25, 0.3) is 0 Å². The van der Waals surface area contributed by atoms with Gasteiger partial charge >= 0.3 is 6.03 Å². The second-order valence-corrected chi connectivity index (χ2v) is 5.40. The molecule has 7 nitrogen and oxygen atoms in total. The van der Waals surface area contributed by atoms with E-state index in [2.05, 4.69) is 21.3 Å². The van der Waals surface area contributed by atoms with Crippen LogP contribution >= 0.6 is 12.4 Å². The third-order valence-corrected chi connectivity index (χ3v) is 3.07. The van der Waals surface area contributed by atoms with Crippen molar-refractivity contribution in [2.75, 3.05) is 30.4 Å². The number of amides is 3. The number of halogens is 1. The van der Waals surface area contributed by atoms with E-state index < -0.39 is 0 Å². The van der Waals surface area contributed by atoms with Crippen molar-refractivity contribution in [3.05, 3.63) is 24.3 Å². The van der Waals surface area contributed by atoms with Crippen LogP contribution in [-0.2, 0) is 9.53 Å². The van der Waals surface area contributed by atoms with Gasteiger partial charge in [0.1, 0.15) is 6.04 Å². The molecule has 1 aliphatic rings. The molecular formula is C15H23ClN4O3. The number of hydrogen-bond donors (Lipinski definition) is 4. The number of nitrogens with one attached hydrogen (secondary N) is 4. The summed E-state index contributed by atoms with van der Waals surface area (Å²) in [4.78, 5) is 23.6. The van der Waals surface area contributed by atoms with Gasteiger partial charge < -0.3 is 26.0 Å². The number of morpholine rings is 1. The van der Waals surface area contributed by atoms with E-state index in [0.29, 0.717) is 31.1 Å². The van der Waals surface area contributed by atoms with Crippen molar-refractivity contribution in [2.24, 2.45) is 0 Å². The summed E-state index contributed by atoms with van der Waals surface area (Å²) in [5.41, 5.74) is 1.34. The number of carbonyl (C=O) groups is 2. The monoisotopic (exact) mass is 342 g/mol. The molecule has 3 amide bonds. The second kappa shape index (κ2) is 9.34. The van der Waals surface area contributed by atoms with Crippen molar-refractivity contribution in [1.82, 2.24) is 10.6 Å². The highest BCUT2D eigenvalue weighted by Crippen LogP contribution is 2.14. The van der Waals surface area contributed by atoms with E-state index >= 15 is 0 Å². The summed E-state index contributed by atoms with van der Waals surface area (Å²) in [6, 6.07) is 6.45. The van der Waals surface area contributed by atoms with E-state index in [1.807, 2.05) is 13.8 Å². The zero-order valence-electron chi connectivity index (χ0n) is 13.2. The van der Waals surface area contributed by atoms with E-state index in [0.717, 1.165) is 0 Å². The molecule has 4 N–H and O–H groups in total. The zero-order valence-corrected chi connectivity index (χ0v) is 14.0. The summed E-state index contributed by atoms with van der Waals surface area (Å²) >= 11 is 0. The molecule has 0 radical (unpaired) electrons. The molecule has 1 fully saturated rings. The molecule has 128 valence electrons. The number of anilines is 2. The van der Waals surface area contributed by atoms with Gasteiger partial charge in [-0.2, -0.15) is 0 Å². The highest BCUT2D eigenvalue weighted by molar-refractivity contribution is 5.95. The lowest BCUT2D eigenvalue weighted by atomic mass is 10.2. The molecule has 1 saturated heterocycles. The van der Waals surface area contributed by atoms with Gasteiger partial charge in [-0.15, -0.1) is 12.4 Å². The lowest BCUT2D eigenvalue weighted by Gasteiger charge is -2.22. The van der Waals surface area contributed by atoms with Gasteiger partial charge in [0.15, 0.2) is 0 Å². The van der Waals surface area contributed by atoms with Crippen LogP contribution in [0, 0.1) is 0 Å². The first-order valence-electron chi connectivity index (χ1n) is 7.34. The van der Waals surface area contributed by atoms with Crippen molar-refractivity contribution in [3.63, 3.8) is 0 Å². The molecule has 0 saturated carbocycles. The molecule has 0 spiro atoms. The van der Waals surface area contributed by atoms with Gasteiger partial charge in [0.05, 0.1) is 13.2 Å². The Kier molecular flexibility index (Phi) is 7.80. The van der Waals surface area contributed by atoms with E-state index in [-0.39, 0.29) is 36.4 Å². The summed E-state index contributed by atoms with van der Waals surface area (Å²) in [5.74, 6) is -0.127. The quantitative estimate of drug-likeness (QED) is 0.668. The van der Waals surface area contributed by atoms with Gasteiger partial charge in [0.2, 0.25) is 5.91 Å². The number of rotatable bonds is 4. The van der Waals surface area contributed by atoms with E-state index in [9.17, 15) is 9.59 Å². The van der Waals surface area contributed by atoms with Gasteiger partial charge in [-0.1, -0.05) is 0 Å². The van der Waals surface area contributed by atoms with E-state index in [1.54, 1.807) is 24.3 Å². The largest absolute Gasteiger partial charge is 0.378 e. The predicted octanol–water partition coefficient (Wildman–Crippen LogP) is 1.57. The first kappa shape index (κ1) is 19.2. The maximum atomic E-state index is 12.0. The standard InChI is InChI=1S/C15H22N4O3.ClH/c1-10(2)17-15(21)19-12-5-3-11(4-6-12)18-14(20)13-9-22-8-7-16-13;/h3-6,10,13,16H,7-9H2,1-2H3,(H,18,20)(H2,17,19,21);1H. The van der Waals surface area contributed by atoms with Crippen LogP contribution in [0.5, 0.6) is 0 Å². The molecule has 1 aliphatic heterocycles. The third kappa shape index (κ3) is 6.43. The smallest absolute Gasteiger partial charge is 0.319 e. The van der Waals surface area contributed by atoms with Crippen LogP contribution in [0.1, 0.15) is 13.8 Å². The summed E-state index contributed by atoms with van der Waals surface area (Å²) in [7, 11) is 0. The van der Waals surface area contributed by atoms with Crippen LogP contribution in [0.15, 0.2) is 24.3 Å². The molecule has 1 aromatic rings. The predicted molar refractivity (Wildman–Crippen MR) is 92.2 cm³/mol. The summed E-state index contributed by atoms with van der Waals surface area (Å²) in [5, 5.41) is 11.4. The van der Waals surface area contributed by atoms with E-state index in [4.69, 9.17) is 4.74 Å². The lowest BCUT2D eigenvalue weighted by Crippen LogP contribution is -2.48. The van der Waals surface area contributed by atoms with Gasteiger partial charge in [-0.25, -0.2) is 4.79 Å². The minimum absolute atomic E-state index is 0. The number of urea groups is 1. The minimum atomic E-state index is -0.330. The van der Waals surface area contributed by atoms with E-state index in [1.165, 1.54) is 0 Å². The fourth-order valence-electron chi connectivity index (χ4n) is 2.03. The topological polar surface area (TPSA) is 91.5 Å². The maximum absolute atomic E-state index is 12.0. The fraction of sp³-hybridized carbons (Fsp3) is 0.467. The van der Waals surface area contributed by atoms with Crippen LogP contribution in [-0.4, -0.2) is 43.8 Å². The van der Waals surface area contributed by atoms with Crippen LogP contribution in [0.2, 0.25) is 0 Å². The molecule has 1 unspecified atom stereocenters. The van der Waals surface area contributed by atoms with Gasteiger partial charge in [0, 0.05) is 24.0 Å². The Morgan fingerprint density at radius 2 is 1.78 bits per heavy atom. The summed E-state index contributed by atoms with van der Waals surface area (Å²) < 4.78 is 5.26. The highest BCUT2D eigenvalue weighted by Gasteiger charge is 2.20.